The molecule has 2 N–H and O–H groups in total. The molecule has 1 aromatic rings. The van der Waals surface area contributed by atoms with Crippen LogP contribution in [0.5, 0.6) is 5.75 Å². The van der Waals surface area contributed by atoms with Gasteiger partial charge in [-0.05, 0) is 31.8 Å². The molecule has 1 aromatic heterocycles. The molecule has 15 heavy (non-hydrogen) atoms. The van der Waals surface area contributed by atoms with Gasteiger partial charge in [-0.25, -0.2) is 0 Å². The molecule has 1 unspecified atom stereocenters. The van der Waals surface area contributed by atoms with E-state index in [1.54, 1.807) is 7.11 Å². The van der Waals surface area contributed by atoms with Crippen molar-refractivity contribution < 1.29 is 4.74 Å². The fourth-order valence-corrected chi connectivity index (χ4v) is 2.49. The number of methoxy groups -OCH3 is 1. The Morgan fingerprint density at radius 3 is 2.67 bits per heavy atom. The largest absolute Gasteiger partial charge is 0.490 e. The summed E-state index contributed by atoms with van der Waals surface area (Å²) in [5, 5.41) is 1.03. The van der Waals surface area contributed by atoms with Crippen molar-refractivity contribution in [3.8, 4) is 5.75 Å². The van der Waals surface area contributed by atoms with Crippen molar-refractivity contribution in [3.05, 3.63) is 0 Å². The standard InChI is InChI=1S/C10H19N3OS/c1-5-7(3)13(6-2)10-8(14-4)9(11)12-15-10/h7H,5-6H2,1-4H3,(H2,11,12). The molecule has 1 heterocycles. The van der Waals surface area contributed by atoms with E-state index >= 15 is 0 Å². The molecule has 1 atom stereocenters. The first-order chi connectivity index (χ1) is 7.15. The minimum absolute atomic E-state index is 0.476. The smallest absolute Gasteiger partial charge is 0.197 e. The number of ether oxygens (including phenoxy) is 1. The van der Waals surface area contributed by atoms with Gasteiger partial charge in [0.15, 0.2) is 16.6 Å². The Balaban J connectivity index is 3.01. The van der Waals surface area contributed by atoms with E-state index in [0.717, 1.165) is 18.0 Å². The predicted molar refractivity (Wildman–Crippen MR) is 65.9 cm³/mol. The van der Waals surface area contributed by atoms with Gasteiger partial charge in [-0.1, -0.05) is 6.92 Å². The van der Waals surface area contributed by atoms with Crippen LogP contribution < -0.4 is 15.4 Å². The lowest BCUT2D eigenvalue weighted by Gasteiger charge is -2.27. The molecular weight excluding hydrogens is 210 g/mol. The summed E-state index contributed by atoms with van der Waals surface area (Å²) in [4.78, 5) is 2.27. The van der Waals surface area contributed by atoms with E-state index in [0.29, 0.717) is 17.6 Å². The molecule has 0 aliphatic carbocycles. The van der Waals surface area contributed by atoms with Crippen LogP contribution in [0.2, 0.25) is 0 Å². The first kappa shape index (κ1) is 12.1. The van der Waals surface area contributed by atoms with Crippen LogP contribution in [0.1, 0.15) is 27.2 Å². The Hall–Kier alpha value is -0.970. The fraction of sp³-hybridized carbons (Fsp3) is 0.700. The van der Waals surface area contributed by atoms with E-state index in [9.17, 15) is 0 Å². The number of hydrogen-bond acceptors (Lipinski definition) is 5. The lowest BCUT2D eigenvalue weighted by atomic mass is 10.2. The molecular formula is C10H19N3OS. The number of rotatable bonds is 5. The van der Waals surface area contributed by atoms with Gasteiger partial charge in [0.05, 0.1) is 7.11 Å². The third-order valence-electron chi connectivity index (χ3n) is 2.59. The number of anilines is 2. The van der Waals surface area contributed by atoms with E-state index in [1.165, 1.54) is 11.5 Å². The van der Waals surface area contributed by atoms with Crippen molar-refractivity contribution in [2.45, 2.75) is 33.2 Å². The van der Waals surface area contributed by atoms with Crippen LogP contribution in [0.15, 0.2) is 0 Å². The quantitative estimate of drug-likeness (QED) is 0.842. The number of nitrogens with two attached hydrogens (primary N) is 1. The van der Waals surface area contributed by atoms with Crippen molar-refractivity contribution in [3.63, 3.8) is 0 Å². The average Bonchev–Trinajstić information content (AvgIpc) is 2.60. The number of nitrogens with zero attached hydrogens (tertiary/aromatic N) is 2. The van der Waals surface area contributed by atoms with Gasteiger partial charge >= 0.3 is 0 Å². The topological polar surface area (TPSA) is 51.4 Å². The normalized spacial score (nSPS) is 12.5. The van der Waals surface area contributed by atoms with Crippen molar-refractivity contribution >= 4 is 22.4 Å². The zero-order chi connectivity index (χ0) is 11.4. The van der Waals surface area contributed by atoms with Gasteiger partial charge in [-0.15, -0.1) is 0 Å². The molecule has 0 amide bonds. The van der Waals surface area contributed by atoms with Crippen LogP contribution in [0.25, 0.3) is 0 Å². The second-order valence-corrected chi connectivity index (χ2v) is 4.20. The molecule has 0 aromatic carbocycles. The SMILES string of the molecule is CCC(C)N(CC)c1snc(N)c1OC. The molecule has 0 bridgehead atoms. The number of hydrogen-bond donors (Lipinski definition) is 1. The Kier molecular flexibility index (Phi) is 4.20. The van der Waals surface area contributed by atoms with Crippen molar-refractivity contribution in [2.24, 2.45) is 0 Å². The number of aromatic nitrogens is 1. The van der Waals surface area contributed by atoms with Crippen LogP contribution in [-0.2, 0) is 0 Å². The molecule has 0 aliphatic rings. The lowest BCUT2D eigenvalue weighted by Crippen LogP contribution is -2.31. The van der Waals surface area contributed by atoms with Crippen LogP contribution in [-0.4, -0.2) is 24.1 Å². The van der Waals surface area contributed by atoms with Gasteiger partial charge in [0.25, 0.3) is 0 Å². The molecule has 4 nitrogen and oxygen atoms in total. The van der Waals surface area contributed by atoms with Gasteiger partial charge in [0, 0.05) is 12.6 Å². The maximum atomic E-state index is 5.73. The highest BCUT2D eigenvalue weighted by atomic mass is 32.1. The van der Waals surface area contributed by atoms with Crippen molar-refractivity contribution in [1.29, 1.82) is 0 Å². The molecule has 5 heteroatoms. The van der Waals surface area contributed by atoms with E-state index in [1.807, 2.05) is 0 Å². The van der Waals surface area contributed by atoms with Gasteiger partial charge in [0.2, 0.25) is 0 Å². The Bertz CT molecular complexity index is 314. The summed E-state index contributed by atoms with van der Waals surface area (Å²) in [7, 11) is 1.63. The van der Waals surface area contributed by atoms with Gasteiger partial charge < -0.3 is 15.4 Å². The summed E-state index contributed by atoms with van der Waals surface area (Å²) < 4.78 is 9.40. The lowest BCUT2D eigenvalue weighted by molar-refractivity contribution is 0.416. The van der Waals surface area contributed by atoms with E-state index in [4.69, 9.17) is 10.5 Å². The maximum absolute atomic E-state index is 5.73. The Morgan fingerprint density at radius 1 is 1.53 bits per heavy atom. The molecule has 0 saturated heterocycles. The van der Waals surface area contributed by atoms with Crippen LogP contribution in [0.4, 0.5) is 10.8 Å². The first-order valence-corrected chi connectivity index (χ1v) is 5.98. The Morgan fingerprint density at radius 2 is 2.20 bits per heavy atom. The fourth-order valence-electron chi connectivity index (χ4n) is 1.54. The molecule has 0 fully saturated rings. The molecule has 0 spiro atoms. The number of nitrogen functional groups attached to an aromatic ring is 1. The summed E-state index contributed by atoms with van der Waals surface area (Å²) in [6.45, 7) is 7.43. The van der Waals surface area contributed by atoms with Crippen LogP contribution >= 0.6 is 11.5 Å². The second-order valence-electron chi connectivity index (χ2n) is 3.45. The molecule has 0 radical (unpaired) electrons. The molecule has 1 rings (SSSR count). The van der Waals surface area contributed by atoms with Gasteiger partial charge in [-0.2, -0.15) is 4.37 Å². The average molecular weight is 229 g/mol. The van der Waals surface area contributed by atoms with Gasteiger partial charge in [0.1, 0.15) is 0 Å². The minimum atomic E-state index is 0.476. The predicted octanol–water partition coefficient (Wildman–Crippen LogP) is 2.36. The summed E-state index contributed by atoms with van der Waals surface area (Å²) in [5.41, 5.74) is 5.73. The third kappa shape index (κ3) is 2.34. The van der Waals surface area contributed by atoms with Crippen molar-refractivity contribution in [1.82, 2.24) is 4.37 Å². The second kappa shape index (κ2) is 5.21. The highest BCUT2D eigenvalue weighted by Crippen LogP contribution is 2.38. The van der Waals surface area contributed by atoms with Crippen LogP contribution in [0.3, 0.4) is 0 Å². The van der Waals surface area contributed by atoms with E-state index < -0.39 is 0 Å². The summed E-state index contributed by atoms with van der Waals surface area (Å²) in [6, 6.07) is 0.476. The summed E-state index contributed by atoms with van der Waals surface area (Å²) in [5.74, 6) is 1.20. The van der Waals surface area contributed by atoms with E-state index in [-0.39, 0.29) is 0 Å². The summed E-state index contributed by atoms with van der Waals surface area (Å²) >= 11 is 1.40. The Labute approximate surface area is 95.2 Å². The molecule has 86 valence electrons. The van der Waals surface area contributed by atoms with Gasteiger partial charge in [-0.3, -0.25) is 0 Å². The molecule has 0 saturated carbocycles. The maximum Gasteiger partial charge on any atom is 0.197 e. The van der Waals surface area contributed by atoms with Crippen molar-refractivity contribution in [2.75, 3.05) is 24.3 Å². The summed E-state index contributed by atoms with van der Waals surface area (Å²) in [6.07, 6.45) is 1.09. The highest BCUT2D eigenvalue weighted by Gasteiger charge is 2.20. The first-order valence-electron chi connectivity index (χ1n) is 5.21. The monoisotopic (exact) mass is 229 g/mol. The molecule has 0 aliphatic heterocycles. The zero-order valence-electron chi connectivity index (χ0n) is 9.78. The zero-order valence-corrected chi connectivity index (χ0v) is 10.6. The van der Waals surface area contributed by atoms with Crippen LogP contribution in [0, 0.1) is 0 Å². The highest BCUT2D eigenvalue weighted by molar-refractivity contribution is 7.11. The third-order valence-corrected chi connectivity index (χ3v) is 3.47. The van der Waals surface area contributed by atoms with E-state index in [2.05, 4.69) is 30.0 Å². The minimum Gasteiger partial charge on any atom is -0.490 e.